The van der Waals surface area contributed by atoms with Crippen LogP contribution in [0.5, 0.6) is 17.2 Å². The molecule has 176 valence electrons. The lowest BCUT2D eigenvalue weighted by atomic mass is 9.89. The molecular weight excluding hydrogens is 440 g/mol. The van der Waals surface area contributed by atoms with Gasteiger partial charge >= 0.3 is 5.97 Å². The molecule has 0 saturated carbocycles. The van der Waals surface area contributed by atoms with Crippen molar-refractivity contribution in [2.45, 2.75) is 32.2 Å². The Bertz CT molecular complexity index is 1420. The molecule has 9 heteroatoms. The first-order valence-electron chi connectivity index (χ1n) is 10.6. The summed E-state index contributed by atoms with van der Waals surface area (Å²) >= 11 is 0. The fourth-order valence-corrected chi connectivity index (χ4v) is 4.08. The summed E-state index contributed by atoms with van der Waals surface area (Å²) in [6.07, 6.45) is 1.30. The van der Waals surface area contributed by atoms with Gasteiger partial charge in [-0.05, 0) is 19.9 Å². The minimum absolute atomic E-state index is 0.0343. The van der Waals surface area contributed by atoms with Crippen LogP contribution in [0.4, 0.5) is 0 Å². The number of hydrogen-bond acceptors (Lipinski definition) is 8. The van der Waals surface area contributed by atoms with Gasteiger partial charge in [0.2, 0.25) is 5.75 Å². The van der Waals surface area contributed by atoms with Gasteiger partial charge < -0.3 is 24.5 Å². The molecule has 2 aromatic carbocycles. The van der Waals surface area contributed by atoms with Crippen molar-refractivity contribution in [1.29, 1.82) is 0 Å². The Morgan fingerprint density at radius 2 is 1.79 bits per heavy atom. The number of esters is 1. The number of fused-ring (bicyclic) bond motifs is 1. The van der Waals surface area contributed by atoms with Crippen LogP contribution in [-0.4, -0.2) is 38.2 Å². The van der Waals surface area contributed by atoms with Crippen molar-refractivity contribution < 1.29 is 29.3 Å². The highest BCUT2D eigenvalue weighted by Crippen LogP contribution is 2.49. The summed E-state index contributed by atoms with van der Waals surface area (Å²) in [4.78, 5) is 25.4. The lowest BCUT2D eigenvalue weighted by molar-refractivity contribution is -0.140. The van der Waals surface area contributed by atoms with Crippen molar-refractivity contribution in [1.82, 2.24) is 9.78 Å². The second-order valence-corrected chi connectivity index (χ2v) is 8.13. The Hall–Kier alpha value is -4.27. The number of aromatic nitrogens is 2. The number of aromatic hydroxyl groups is 3. The van der Waals surface area contributed by atoms with Gasteiger partial charge in [0.05, 0.1) is 19.1 Å². The number of carbonyl (C=O) groups is 1. The smallest absolute Gasteiger partial charge is 0.306 e. The highest BCUT2D eigenvalue weighted by Gasteiger charge is 2.33. The van der Waals surface area contributed by atoms with Crippen LogP contribution in [0, 0.1) is 0 Å². The number of hydrogen-bond donors (Lipinski definition) is 3. The topological polar surface area (TPSA) is 135 Å². The predicted molar refractivity (Wildman–Crippen MR) is 124 cm³/mol. The van der Waals surface area contributed by atoms with E-state index in [1.807, 2.05) is 19.9 Å². The Morgan fingerprint density at radius 1 is 1.09 bits per heavy atom. The SMILES string of the molecule is COC(=O)CC(c1c(O)c(O)c(O)c2c(=O)cc(-c3ccccc3)oc12)c1ccnn1C(C)C. The molecule has 4 aromatic rings. The predicted octanol–water partition coefficient (Wildman–Crippen LogP) is 4.05. The number of phenols is 3. The van der Waals surface area contributed by atoms with Gasteiger partial charge in [0.1, 0.15) is 16.7 Å². The molecular formula is C25H24N2O7. The Morgan fingerprint density at radius 3 is 2.44 bits per heavy atom. The standard InChI is InChI=1S/C25H24N2O7/c1-13(2)27-16(9-10-26-27)15(11-19(29)33-3)20-22(30)24(32)23(31)21-17(28)12-18(34-25(20)21)14-7-5-4-6-8-14/h4-10,12-13,15,30-32H,11H2,1-3H3. The van der Waals surface area contributed by atoms with Crippen molar-refractivity contribution in [2.24, 2.45) is 0 Å². The van der Waals surface area contributed by atoms with Crippen molar-refractivity contribution in [2.75, 3.05) is 7.11 Å². The highest BCUT2D eigenvalue weighted by molar-refractivity contribution is 5.93. The number of benzene rings is 2. The maximum atomic E-state index is 13.1. The van der Waals surface area contributed by atoms with E-state index in [0.29, 0.717) is 11.3 Å². The lowest BCUT2D eigenvalue weighted by Crippen LogP contribution is -2.17. The molecule has 0 fully saturated rings. The summed E-state index contributed by atoms with van der Waals surface area (Å²) in [5.41, 5.74) is 0.312. The number of ether oxygens (including phenoxy) is 1. The molecule has 0 radical (unpaired) electrons. The molecule has 1 unspecified atom stereocenters. The van der Waals surface area contributed by atoms with E-state index in [4.69, 9.17) is 9.15 Å². The van der Waals surface area contributed by atoms with Crippen molar-refractivity contribution in [3.05, 3.63) is 70.1 Å². The van der Waals surface area contributed by atoms with Crippen molar-refractivity contribution in [3.8, 4) is 28.6 Å². The van der Waals surface area contributed by atoms with E-state index in [0.717, 1.165) is 0 Å². The lowest BCUT2D eigenvalue weighted by Gasteiger charge is -2.22. The molecule has 34 heavy (non-hydrogen) atoms. The third-order valence-corrected chi connectivity index (χ3v) is 5.69. The molecule has 4 rings (SSSR count). The quantitative estimate of drug-likeness (QED) is 0.287. The summed E-state index contributed by atoms with van der Waals surface area (Å²) in [6.45, 7) is 3.79. The minimum atomic E-state index is -0.916. The molecule has 3 N–H and O–H groups in total. The van der Waals surface area contributed by atoms with Crippen LogP contribution in [0.2, 0.25) is 0 Å². The van der Waals surface area contributed by atoms with Gasteiger partial charge in [-0.25, -0.2) is 0 Å². The third kappa shape index (κ3) is 3.85. The second kappa shape index (κ2) is 8.93. The monoisotopic (exact) mass is 464 g/mol. The molecule has 0 saturated heterocycles. The van der Waals surface area contributed by atoms with E-state index < -0.39 is 34.6 Å². The van der Waals surface area contributed by atoms with Gasteiger partial charge in [-0.3, -0.25) is 14.3 Å². The molecule has 0 aliphatic rings. The summed E-state index contributed by atoms with van der Waals surface area (Å²) in [6, 6.07) is 11.6. The maximum Gasteiger partial charge on any atom is 0.306 e. The third-order valence-electron chi connectivity index (χ3n) is 5.69. The van der Waals surface area contributed by atoms with Gasteiger partial charge in [0.25, 0.3) is 0 Å². The first-order chi connectivity index (χ1) is 16.2. The molecule has 0 aliphatic carbocycles. The van der Waals surface area contributed by atoms with Gasteiger partial charge in [-0.1, -0.05) is 30.3 Å². The first kappa shape index (κ1) is 22.9. The average Bonchev–Trinajstić information content (AvgIpc) is 3.32. The van der Waals surface area contributed by atoms with Crippen LogP contribution in [0.3, 0.4) is 0 Å². The molecule has 0 spiro atoms. The molecule has 0 aliphatic heterocycles. The number of rotatable bonds is 6. The number of phenolic OH excluding ortho intramolecular Hbond substituents is 3. The minimum Gasteiger partial charge on any atom is -0.504 e. The summed E-state index contributed by atoms with van der Waals surface area (Å²) < 4.78 is 12.6. The van der Waals surface area contributed by atoms with Crippen LogP contribution < -0.4 is 5.43 Å². The first-order valence-corrected chi connectivity index (χ1v) is 10.6. The summed E-state index contributed by atoms with van der Waals surface area (Å²) in [5, 5.41) is 36.0. The van der Waals surface area contributed by atoms with Crippen LogP contribution in [0.25, 0.3) is 22.3 Å². The number of carbonyl (C=O) groups excluding carboxylic acids is 1. The summed E-state index contributed by atoms with van der Waals surface area (Å²) in [5.74, 6) is -3.71. The fraction of sp³-hybridized carbons (Fsp3) is 0.240. The van der Waals surface area contributed by atoms with Crippen molar-refractivity contribution >= 4 is 16.9 Å². The zero-order valence-electron chi connectivity index (χ0n) is 18.8. The highest BCUT2D eigenvalue weighted by atomic mass is 16.5. The average molecular weight is 464 g/mol. The number of methoxy groups -OCH3 is 1. The van der Waals surface area contributed by atoms with E-state index in [9.17, 15) is 24.9 Å². The molecule has 0 bridgehead atoms. The summed E-state index contributed by atoms with van der Waals surface area (Å²) in [7, 11) is 1.24. The van der Waals surface area contributed by atoms with Crippen LogP contribution in [-0.2, 0) is 9.53 Å². The van der Waals surface area contributed by atoms with Crippen LogP contribution in [0.15, 0.2) is 57.9 Å². The van der Waals surface area contributed by atoms with E-state index >= 15 is 0 Å². The molecule has 2 heterocycles. The fourth-order valence-electron chi connectivity index (χ4n) is 4.08. The van der Waals surface area contributed by atoms with E-state index in [-0.39, 0.29) is 34.8 Å². The number of nitrogens with zero attached hydrogens (tertiary/aromatic N) is 2. The van der Waals surface area contributed by atoms with Gasteiger partial charge in [-0.2, -0.15) is 5.10 Å². The Balaban J connectivity index is 2.10. The van der Waals surface area contributed by atoms with E-state index in [1.54, 1.807) is 41.2 Å². The molecule has 9 nitrogen and oxygen atoms in total. The van der Waals surface area contributed by atoms with E-state index in [2.05, 4.69) is 5.10 Å². The normalized spacial score (nSPS) is 12.2. The van der Waals surface area contributed by atoms with Gasteiger partial charge in [0, 0.05) is 35.5 Å². The second-order valence-electron chi connectivity index (χ2n) is 8.13. The van der Waals surface area contributed by atoms with Crippen LogP contribution in [0.1, 0.15) is 43.5 Å². The van der Waals surface area contributed by atoms with Gasteiger partial charge in [-0.15, -0.1) is 0 Å². The molecule has 2 aromatic heterocycles. The Labute approximate surface area is 194 Å². The zero-order valence-corrected chi connectivity index (χ0v) is 18.8. The Kier molecular flexibility index (Phi) is 6.02. The van der Waals surface area contributed by atoms with E-state index in [1.165, 1.54) is 13.2 Å². The molecule has 0 amide bonds. The largest absolute Gasteiger partial charge is 0.504 e. The van der Waals surface area contributed by atoms with Crippen molar-refractivity contribution in [3.63, 3.8) is 0 Å². The zero-order chi connectivity index (χ0) is 24.6. The maximum absolute atomic E-state index is 13.1. The molecule has 1 atom stereocenters. The van der Waals surface area contributed by atoms with Crippen LogP contribution >= 0.6 is 0 Å². The van der Waals surface area contributed by atoms with Gasteiger partial charge in [0.15, 0.2) is 16.9 Å².